The lowest BCUT2D eigenvalue weighted by Gasteiger charge is -2.41. The molecule has 0 amide bonds. The molecule has 0 radical (unpaired) electrons. The van der Waals surface area contributed by atoms with Gasteiger partial charge in [0.2, 0.25) is 0 Å². The third-order valence-corrected chi connectivity index (χ3v) is 5.56. The maximum atomic E-state index is 9.63. The third kappa shape index (κ3) is 4.58. The lowest BCUT2D eigenvalue weighted by atomic mass is 10.1. The van der Waals surface area contributed by atoms with Crippen LogP contribution in [-0.4, -0.2) is 64.1 Å². The Hall–Kier alpha value is -2.48. The highest BCUT2D eigenvalue weighted by Crippen LogP contribution is 2.24. The first-order chi connectivity index (χ1) is 14.3. The van der Waals surface area contributed by atoms with Gasteiger partial charge in [0.1, 0.15) is 16.8 Å². The monoisotopic (exact) mass is 396 g/mol. The fourth-order valence-electron chi connectivity index (χ4n) is 4.11. The van der Waals surface area contributed by atoms with E-state index in [1.807, 2.05) is 31.2 Å². The number of hydrogen-bond donors (Lipinski definition) is 1. The van der Waals surface area contributed by atoms with E-state index in [9.17, 15) is 5.11 Å². The minimum Gasteiger partial charge on any atom is -0.494 e. The molecule has 1 aromatic heterocycles. The Bertz CT molecular complexity index is 929. The Balaban J connectivity index is 1.45. The minimum absolute atomic E-state index is 0.185. The predicted octanol–water partition coefficient (Wildman–Crippen LogP) is 2.69. The zero-order valence-electron chi connectivity index (χ0n) is 16.8. The van der Waals surface area contributed by atoms with Crippen molar-refractivity contribution in [3.05, 3.63) is 53.6 Å². The van der Waals surface area contributed by atoms with Crippen molar-refractivity contribution in [2.75, 3.05) is 32.8 Å². The lowest BCUT2D eigenvalue weighted by Crippen LogP contribution is -2.52. The highest BCUT2D eigenvalue weighted by atomic mass is 16.6. The van der Waals surface area contributed by atoms with Gasteiger partial charge in [-0.3, -0.25) is 9.80 Å². The van der Waals surface area contributed by atoms with Crippen LogP contribution in [0.4, 0.5) is 0 Å². The average molecular weight is 396 g/mol. The van der Waals surface area contributed by atoms with Crippen LogP contribution in [0.25, 0.3) is 11.0 Å². The van der Waals surface area contributed by atoms with E-state index in [-0.39, 0.29) is 12.6 Å². The van der Waals surface area contributed by atoms with Gasteiger partial charge < -0.3 is 9.84 Å². The second kappa shape index (κ2) is 9.35. The molecule has 29 heavy (non-hydrogen) atoms. The van der Waals surface area contributed by atoms with Gasteiger partial charge >= 0.3 is 0 Å². The standard InChI is InChI=1S/C22H28N4O3/c1-2-28-21-9-4-3-6-17(21)15-26-12-11-25(16-19(26)10-13-27)14-18-7-5-8-20-22(18)24-29-23-20/h3-9,19,27H,2,10-16H2,1H3/t19-/m1/s1. The lowest BCUT2D eigenvalue weighted by molar-refractivity contribution is 0.0495. The Morgan fingerprint density at radius 2 is 1.93 bits per heavy atom. The summed E-state index contributed by atoms with van der Waals surface area (Å²) < 4.78 is 10.7. The first-order valence-corrected chi connectivity index (χ1v) is 10.3. The highest BCUT2D eigenvalue weighted by molar-refractivity contribution is 5.76. The van der Waals surface area contributed by atoms with Crippen LogP contribution in [0.1, 0.15) is 24.5 Å². The minimum atomic E-state index is 0.185. The molecule has 4 rings (SSSR count). The number of hydrogen-bond acceptors (Lipinski definition) is 7. The summed E-state index contributed by atoms with van der Waals surface area (Å²) in [5.41, 5.74) is 3.95. The Labute approximate surface area is 170 Å². The molecule has 0 spiro atoms. The predicted molar refractivity (Wildman–Crippen MR) is 111 cm³/mol. The zero-order valence-corrected chi connectivity index (χ0v) is 16.8. The van der Waals surface area contributed by atoms with Gasteiger partial charge in [0.25, 0.3) is 0 Å². The maximum absolute atomic E-state index is 9.63. The molecule has 0 saturated carbocycles. The molecule has 0 bridgehead atoms. The van der Waals surface area contributed by atoms with Crippen molar-refractivity contribution in [1.29, 1.82) is 0 Å². The second-order valence-electron chi connectivity index (χ2n) is 7.46. The average Bonchev–Trinajstić information content (AvgIpc) is 3.22. The molecule has 2 heterocycles. The molecule has 1 N–H and O–H groups in total. The first-order valence-electron chi connectivity index (χ1n) is 10.3. The summed E-state index contributed by atoms with van der Waals surface area (Å²) >= 11 is 0. The summed E-state index contributed by atoms with van der Waals surface area (Å²) in [7, 11) is 0. The Morgan fingerprint density at radius 1 is 1.07 bits per heavy atom. The van der Waals surface area contributed by atoms with Crippen molar-refractivity contribution in [1.82, 2.24) is 20.1 Å². The van der Waals surface area contributed by atoms with Crippen LogP contribution in [0.2, 0.25) is 0 Å². The molecule has 1 aliphatic rings. The van der Waals surface area contributed by atoms with Crippen LogP contribution < -0.4 is 4.74 Å². The molecule has 3 aromatic rings. The molecule has 1 fully saturated rings. The van der Waals surface area contributed by atoms with Crippen molar-refractivity contribution >= 4 is 11.0 Å². The van der Waals surface area contributed by atoms with Crippen molar-refractivity contribution in [2.24, 2.45) is 0 Å². The van der Waals surface area contributed by atoms with Gasteiger partial charge in [0.15, 0.2) is 0 Å². The van der Waals surface area contributed by atoms with Gasteiger partial charge in [-0.1, -0.05) is 30.3 Å². The number of aromatic nitrogens is 2. The molecule has 0 aliphatic carbocycles. The smallest absolute Gasteiger partial charge is 0.139 e. The number of rotatable bonds is 8. The largest absolute Gasteiger partial charge is 0.494 e. The van der Waals surface area contributed by atoms with E-state index < -0.39 is 0 Å². The molecule has 2 aromatic carbocycles. The second-order valence-corrected chi connectivity index (χ2v) is 7.46. The molecule has 1 aliphatic heterocycles. The highest BCUT2D eigenvalue weighted by Gasteiger charge is 2.27. The summed E-state index contributed by atoms with van der Waals surface area (Å²) in [6.07, 6.45) is 0.753. The summed E-state index contributed by atoms with van der Waals surface area (Å²) in [4.78, 5) is 4.89. The molecular formula is C22H28N4O3. The van der Waals surface area contributed by atoms with Gasteiger partial charge in [-0.2, -0.15) is 0 Å². The number of benzene rings is 2. The van der Waals surface area contributed by atoms with E-state index in [0.717, 1.165) is 61.5 Å². The fraction of sp³-hybridized carbons (Fsp3) is 0.455. The zero-order chi connectivity index (χ0) is 20.1. The first kappa shape index (κ1) is 19.8. The van der Waals surface area contributed by atoms with Crippen LogP contribution in [0, 0.1) is 0 Å². The quantitative estimate of drug-likeness (QED) is 0.627. The molecular weight excluding hydrogens is 368 g/mol. The normalized spacial score (nSPS) is 18.3. The van der Waals surface area contributed by atoms with E-state index >= 15 is 0 Å². The summed E-state index contributed by atoms with van der Waals surface area (Å²) in [6, 6.07) is 14.5. The van der Waals surface area contributed by atoms with E-state index in [2.05, 4.69) is 38.3 Å². The van der Waals surface area contributed by atoms with E-state index in [0.29, 0.717) is 6.61 Å². The van der Waals surface area contributed by atoms with Crippen molar-refractivity contribution in [2.45, 2.75) is 32.5 Å². The van der Waals surface area contributed by atoms with E-state index in [4.69, 9.17) is 9.37 Å². The number of aliphatic hydroxyl groups excluding tert-OH is 1. The van der Waals surface area contributed by atoms with Crippen molar-refractivity contribution < 1.29 is 14.5 Å². The molecule has 1 atom stereocenters. The van der Waals surface area contributed by atoms with Crippen LogP contribution in [0.15, 0.2) is 47.1 Å². The van der Waals surface area contributed by atoms with Crippen LogP contribution in [0.3, 0.4) is 0 Å². The summed E-state index contributed by atoms with van der Waals surface area (Å²) in [6.45, 7) is 7.29. The van der Waals surface area contributed by atoms with Gasteiger partial charge in [-0.05, 0) is 41.4 Å². The third-order valence-electron chi connectivity index (χ3n) is 5.56. The van der Waals surface area contributed by atoms with Crippen LogP contribution in [0.5, 0.6) is 5.75 Å². The van der Waals surface area contributed by atoms with Gasteiger partial charge in [0.05, 0.1) is 6.61 Å². The summed E-state index contributed by atoms with van der Waals surface area (Å²) in [5.74, 6) is 0.949. The fourth-order valence-corrected chi connectivity index (χ4v) is 4.11. The molecule has 0 unspecified atom stereocenters. The maximum Gasteiger partial charge on any atom is 0.139 e. The molecule has 7 nitrogen and oxygen atoms in total. The van der Waals surface area contributed by atoms with Crippen LogP contribution >= 0.6 is 0 Å². The molecule has 7 heteroatoms. The van der Waals surface area contributed by atoms with Crippen molar-refractivity contribution in [3.63, 3.8) is 0 Å². The van der Waals surface area contributed by atoms with Gasteiger partial charge in [-0.25, -0.2) is 4.63 Å². The number of fused-ring (bicyclic) bond motifs is 1. The molecule has 1 saturated heterocycles. The van der Waals surface area contributed by atoms with Gasteiger partial charge in [-0.15, -0.1) is 0 Å². The topological polar surface area (TPSA) is 74.9 Å². The number of ether oxygens (including phenoxy) is 1. The Morgan fingerprint density at radius 3 is 2.79 bits per heavy atom. The van der Waals surface area contributed by atoms with E-state index in [1.165, 1.54) is 5.56 Å². The number of piperazine rings is 1. The van der Waals surface area contributed by atoms with Gasteiger partial charge in [0, 0.05) is 50.9 Å². The SMILES string of the molecule is CCOc1ccccc1CN1CCN(Cc2cccc3nonc23)C[C@H]1CCO. The van der Waals surface area contributed by atoms with Crippen LogP contribution in [-0.2, 0) is 13.1 Å². The number of nitrogens with zero attached hydrogens (tertiary/aromatic N) is 4. The molecule has 154 valence electrons. The number of aliphatic hydroxyl groups is 1. The number of para-hydroxylation sites is 1. The Kier molecular flexibility index (Phi) is 6.39. The van der Waals surface area contributed by atoms with E-state index in [1.54, 1.807) is 0 Å². The van der Waals surface area contributed by atoms with Crippen molar-refractivity contribution in [3.8, 4) is 5.75 Å². The summed E-state index contributed by atoms with van der Waals surface area (Å²) in [5, 5.41) is 17.6.